The van der Waals surface area contributed by atoms with Gasteiger partial charge >= 0.3 is 0 Å². The van der Waals surface area contributed by atoms with E-state index < -0.39 is 11.1 Å². The summed E-state index contributed by atoms with van der Waals surface area (Å²) in [5.41, 5.74) is 1.21. The van der Waals surface area contributed by atoms with Crippen LogP contribution in [-0.4, -0.2) is 24.5 Å². The molecule has 6 atom stereocenters. The molecule has 1 aromatic carbocycles. The van der Waals surface area contributed by atoms with Crippen LogP contribution in [0.1, 0.15) is 120 Å². The van der Waals surface area contributed by atoms with Crippen molar-refractivity contribution in [3.05, 3.63) is 35.4 Å². The number of ether oxygens (including phenoxy) is 1. The normalized spacial score (nSPS) is 40.5. The van der Waals surface area contributed by atoms with Gasteiger partial charge in [-0.15, -0.1) is 0 Å². The van der Waals surface area contributed by atoms with E-state index in [1.54, 1.807) is 0 Å². The zero-order valence-electron chi connectivity index (χ0n) is 23.3. The minimum Gasteiger partial charge on any atom is -0.852 e. The highest BCUT2D eigenvalue weighted by molar-refractivity contribution is 5.32. The Morgan fingerprint density at radius 3 is 1.70 bits per heavy atom. The molecule has 1 saturated heterocycles. The highest BCUT2D eigenvalue weighted by Crippen LogP contribution is 2.58. The van der Waals surface area contributed by atoms with Crippen LogP contribution in [0.4, 0.5) is 0 Å². The minimum absolute atomic E-state index is 0.140. The standard InChI is InChI=1S/C34H50NO2/c1-24-11-13-27(14-12-24)32-34(23-36,37-32)33(35-2,17-15-25-19-28-7-3-4-8-29(28)20-25)18-16-26-21-30-9-5-6-10-31(30)22-26/h2,11-14,25-26,28-32,35H,3-10,15-23H2,1H3/q-1. The van der Waals surface area contributed by atoms with Gasteiger partial charge in [-0.1, -0.05) is 87.8 Å². The first-order chi connectivity index (χ1) is 18.1. The summed E-state index contributed by atoms with van der Waals surface area (Å²) in [6.45, 7) is 8.40. The van der Waals surface area contributed by atoms with Crippen molar-refractivity contribution in [2.45, 2.75) is 127 Å². The number of aryl methyl sites for hydroxylation is 1. The van der Waals surface area contributed by atoms with Crippen molar-refractivity contribution in [3.63, 3.8) is 0 Å². The Labute approximate surface area is 225 Å². The number of hydrogen-bond donors (Lipinski definition) is 1. The third-order valence-electron chi connectivity index (χ3n) is 12.0. The van der Waals surface area contributed by atoms with Crippen LogP contribution >= 0.6 is 0 Å². The third kappa shape index (κ3) is 4.97. The van der Waals surface area contributed by atoms with Gasteiger partial charge in [-0.05, 0) is 86.5 Å². The molecule has 0 spiro atoms. The first-order valence-electron chi connectivity index (χ1n) is 15.9. The second-order valence-corrected chi connectivity index (χ2v) is 14.0. The topological polar surface area (TPSA) is 49.6 Å². The molecule has 4 saturated carbocycles. The fraction of sp³-hybridized carbons (Fsp3) is 0.794. The lowest BCUT2D eigenvalue weighted by atomic mass is 9.71. The summed E-state index contributed by atoms with van der Waals surface area (Å²) in [4.78, 5) is 3.33. The molecule has 37 heavy (non-hydrogen) atoms. The van der Waals surface area contributed by atoms with Crippen molar-refractivity contribution in [1.29, 1.82) is 0 Å². The smallest absolute Gasteiger partial charge is 0.160 e. The summed E-state index contributed by atoms with van der Waals surface area (Å²) >= 11 is 0. The minimum atomic E-state index is -0.728. The lowest BCUT2D eigenvalue weighted by Gasteiger charge is -2.37. The second kappa shape index (κ2) is 10.8. The average molecular weight is 505 g/mol. The van der Waals surface area contributed by atoms with Gasteiger partial charge in [-0.25, -0.2) is 6.72 Å². The number of rotatable bonds is 10. The van der Waals surface area contributed by atoms with Crippen molar-refractivity contribution in [2.24, 2.45) is 35.5 Å². The molecule has 1 aromatic rings. The summed E-state index contributed by atoms with van der Waals surface area (Å²) in [6, 6.07) is 8.60. The molecule has 1 N–H and O–H groups in total. The van der Waals surface area contributed by atoms with E-state index in [0.29, 0.717) is 0 Å². The van der Waals surface area contributed by atoms with Gasteiger partial charge in [0.05, 0.1) is 0 Å². The van der Waals surface area contributed by atoms with Gasteiger partial charge in [0.25, 0.3) is 0 Å². The Balaban J connectivity index is 1.20. The predicted molar refractivity (Wildman–Crippen MR) is 147 cm³/mol. The van der Waals surface area contributed by atoms with Crippen LogP contribution in [0, 0.1) is 42.4 Å². The second-order valence-electron chi connectivity index (χ2n) is 14.0. The fourth-order valence-electron chi connectivity index (χ4n) is 9.77. The molecule has 5 aliphatic rings. The summed E-state index contributed by atoms with van der Waals surface area (Å²) < 4.78 is 6.50. The fourth-order valence-corrected chi connectivity index (χ4v) is 9.77. The maximum absolute atomic E-state index is 13.1. The van der Waals surface area contributed by atoms with Gasteiger partial charge in [-0.3, -0.25) is 0 Å². The van der Waals surface area contributed by atoms with Crippen molar-refractivity contribution in [3.8, 4) is 0 Å². The molecule has 0 amide bonds. The molecule has 5 fully saturated rings. The first kappa shape index (κ1) is 26.1. The summed E-state index contributed by atoms with van der Waals surface area (Å²) in [7, 11) is 0. The van der Waals surface area contributed by atoms with E-state index in [0.717, 1.165) is 53.9 Å². The number of benzene rings is 1. The lowest BCUT2D eigenvalue weighted by Crippen LogP contribution is -2.89. The Hall–Kier alpha value is -1.19. The van der Waals surface area contributed by atoms with E-state index >= 15 is 0 Å². The van der Waals surface area contributed by atoms with Crippen molar-refractivity contribution in [1.82, 2.24) is 0 Å². The van der Waals surface area contributed by atoms with Crippen molar-refractivity contribution in [2.75, 3.05) is 6.61 Å². The van der Waals surface area contributed by atoms with Gasteiger partial charge in [0, 0.05) is 12.8 Å². The van der Waals surface area contributed by atoms with Crippen molar-refractivity contribution < 1.29 is 14.8 Å². The molecule has 3 nitrogen and oxygen atoms in total. The van der Waals surface area contributed by atoms with Crippen LogP contribution in [0.2, 0.25) is 0 Å². The molecular weight excluding hydrogens is 454 g/mol. The maximum Gasteiger partial charge on any atom is 0.160 e. The van der Waals surface area contributed by atoms with Gasteiger partial charge in [0.15, 0.2) is 5.54 Å². The largest absolute Gasteiger partial charge is 0.852 e. The Morgan fingerprint density at radius 2 is 1.30 bits per heavy atom. The molecule has 0 radical (unpaired) electrons. The molecule has 3 heteroatoms. The number of fused-ring (bicyclic) bond motifs is 2. The van der Waals surface area contributed by atoms with Crippen LogP contribution in [-0.2, 0) is 4.74 Å². The third-order valence-corrected chi connectivity index (χ3v) is 12.0. The van der Waals surface area contributed by atoms with E-state index in [1.807, 2.05) is 0 Å². The van der Waals surface area contributed by atoms with Crippen LogP contribution < -0.4 is 10.1 Å². The molecule has 1 aliphatic heterocycles. The molecule has 4 aliphatic carbocycles. The Kier molecular flexibility index (Phi) is 7.58. The van der Waals surface area contributed by atoms with Gasteiger partial charge in [-0.2, -0.15) is 0 Å². The first-order valence-corrected chi connectivity index (χ1v) is 15.9. The number of epoxide rings is 1. The molecule has 0 aromatic heterocycles. The van der Waals surface area contributed by atoms with Crippen LogP contribution in [0.5, 0.6) is 0 Å². The Morgan fingerprint density at radius 1 is 0.838 bits per heavy atom. The zero-order chi connectivity index (χ0) is 25.5. The summed E-state index contributed by atoms with van der Waals surface area (Å²) in [5.74, 6) is 5.38. The maximum atomic E-state index is 13.1. The quantitative estimate of drug-likeness (QED) is 0.258. The van der Waals surface area contributed by atoms with Crippen LogP contribution in [0.3, 0.4) is 0 Å². The van der Waals surface area contributed by atoms with Crippen LogP contribution in [0.15, 0.2) is 24.3 Å². The molecule has 6 rings (SSSR count). The highest BCUT2D eigenvalue weighted by Gasteiger charge is 2.68. The lowest BCUT2D eigenvalue weighted by molar-refractivity contribution is -0.573. The van der Waals surface area contributed by atoms with Crippen LogP contribution in [0.25, 0.3) is 0 Å². The van der Waals surface area contributed by atoms with E-state index in [9.17, 15) is 5.11 Å². The average Bonchev–Trinajstić information content (AvgIpc) is 3.31. The summed E-state index contributed by atoms with van der Waals surface area (Å²) in [6.07, 6.45) is 21.2. The SMILES string of the molecule is [CH-]=[NH+]C(CCC1CC2CCCCC2C1)(CCC1CC2CCCCC2C1)C1(C[O-])OC1c1ccc(C)cc1. The van der Waals surface area contributed by atoms with E-state index in [2.05, 4.69) is 36.2 Å². The summed E-state index contributed by atoms with van der Waals surface area (Å²) in [5, 5.41) is 13.1. The van der Waals surface area contributed by atoms with Gasteiger partial charge < -0.3 is 14.8 Å². The molecule has 0 bridgehead atoms. The van der Waals surface area contributed by atoms with Gasteiger partial charge in [0.1, 0.15) is 11.7 Å². The van der Waals surface area contributed by atoms with E-state index in [-0.39, 0.29) is 12.7 Å². The highest BCUT2D eigenvalue weighted by atomic mass is 16.6. The Bertz CT molecular complexity index is 862. The van der Waals surface area contributed by atoms with Crippen molar-refractivity contribution >= 4 is 6.72 Å². The van der Waals surface area contributed by atoms with E-state index in [4.69, 9.17) is 11.5 Å². The monoisotopic (exact) mass is 504 g/mol. The molecular formula is C34H50NO2-. The molecule has 204 valence electrons. The molecule has 6 unspecified atom stereocenters. The number of nitrogens with one attached hydrogen (secondary N) is 1. The molecule has 1 heterocycles. The van der Waals surface area contributed by atoms with Gasteiger partial charge in [0.2, 0.25) is 0 Å². The predicted octanol–water partition coefficient (Wildman–Crippen LogP) is 5.56. The zero-order valence-corrected chi connectivity index (χ0v) is 23.3. The van der Waals surface area contributed by atoms with E-state index in [1.165, 1.54) is 95.5 Å². The number of hydrogen-bond acceptors (Lipinski definition) is 2.